The molecule has 88 valence electrons. The fraction of sp³-hybridized carbons (Fsp3) is 0.364. The van der Waals surface area contributed by atoms with E-state index < -0.39 is 11.8 Å². The van der Waals surface area contributed by atoms with Gasteiger partial charge in [-0.05, 0) is 32.3 Å². The highest BCUT2D eigenvalue weighted by Crippen LogP contribution is 2.13. The van der Waals surface area contributed by atoms with Crippen LogP contribution in [0.25, 0.3) is 0 Å². The molecule has 0 fully saturated rings. The van der Waals surface area contributed by atoms with E-state index in [0.29, 0.717) is 12.2 Å². The lowest BCUT2D eigenvalue weighted by molar-refractivity contribution is 0.0696. The molecule has 16 heavy (non-hydrogen) atoms. The van der Waals surface area contributed by atoms with Crippen LogP contribution < -0.4 is 5.32 Å². The molecule has 0 saturated heterocycles. The van der Waals surface area contributed by atoms with Crippen LogP contribution in [0.15, 0.2) is 18.2 Å². The molecule has 0 spiro atoms. The number of nitrogens with one attached hydrogen (secondary N) is 1. The zero-order valence-electron chi connectivity index (χ0n) is 9.33. The molecule has 1 aromatic carbocycles. The van der Waals surface area contributed by atoms with Crippen LogP contribution in [-0.2, 0) is 0 Å². The Labute approximate surface area is 93.7 Å². The van der Waals surface area contributed by atoms with E-state index in [0.717, 1.165) is 12.6 Å². The topological polar surface area (TPSA) is 52.6 Å². The summed E-state index contributed by atoms with van der Waals surface area (Å²) in [7, 11) is 3.85. The molecule has 1 rings (SSSR count). The Morgan fingerprint density at radius 1 is 1.44 bits per heavy atom. The van der Waals surface area contributed by atoms with E-state index >= 15 is 0 Å². The van der Waals surface area contributed by atoms with Crippen LogP contribution in [-0.4, -0.2) is 43.2 Å². The fourth-order valence-electron chi connectivity index (χ4n) is 1.24. The second-order valence-corrected chi connectivity index (χ2v) is 3.76. The maximum absolute atomic E-state index is 13.1. The summed E-state index contributed by atoms with van der Waals surface area (Å²) in [5, 5.41) is 11.7. The highest BCUT2D eigenvalue weighted by molar-refractivity contribution is 5.88. The summed E-state index contributed by atoms with van der Waals surface area (Å²) in [4.78, 5) is 12.7. The second-order valence-electron chi connectivity index (χ2n) is 3.76. The Balaban J connectivity index is 2.69. The summed E-state index contributed by atoms with van der Waals surface area (Å²) >= 11 is 0. The van der Waals surface area contributed by atoms with Crippen molar-refractivity contribution in [1.82, 2.24) is 4.90 Å². The first-order chi connectivity index (χ1) is 7.49. The first kappa shape index (κ1) is 12.4. The number of hydrogen-bond acceptors (Lipinski definition) is 3. The molecule has 0 amide bonds. The molecule has 0 aliphatic carbocycles. The number of carbonyl (C=O) groups is 1. The van der Waals surface area contributed by atoms with Crippen molar-refractivity contribution in [3.8, 4) is 0 Å². The lowest BCUT2D eigenvalue weighted by atomic mass is 10.2. The van der Waals surface area contributed by atoms with Gasteiger partial charge >= 0.3 is 5.97 Å². The van der Waals surface area contributed by atoms with Crippen LogP contribution in [0.3, 0.4) is 0 Å². The van der Waals surface area contributed by atoms with Crippen LogP contribution in [0.1, 0.15) is 10.4 Å². The molecule has 0 heterocycles. The molecule has 2 N–H and O–H groups in total. The number of carboxylic acid groups (broad SMARTS) is 1. The Kier molecular flexibility index (Phi) is 4.25. The van der Waals surface area contributed by atoms with Gasteiger partial charge in [0, 0.05) is 18.8 Å². The Bertz CT molecular complexity index is 380. The molecular weight excluding hydrogens is 211 g/mol. The number of nitrogens with zero attached hydrogens (tertiary/aromatic N) is 1. The monoisotopic (exact) mass is 226 g/mol. The van der Waals surface area contributed by atoms with Gasteiger partial charge in [-0.25, -0.2) is 9.18 Å². The van der Waals surface area contributed by atoms with Gasteiger partial charge in [-0.1, -0.05) is 0 Å². The lowest BCUT2D eigenvalue weighted by Gasteiger charge is -2.11. The third-order valence-electron chi connectivity index (χ3n) is 2.03. The zero-order valence-corrected chi connectivity index (χ0v) is 9.33. The minimum atomic E-state index is -1.13. The highest BCUT2D eigenvalue weighted by atomic mass is 19.1. The molecule has 0 atom stereocenters. The van der Waals surface area contributed by atoms with Crippen molar-refractivity contribution >= 4 is 11.7 Å². The molecule has 0 radical (unpaired) electrons. The van der Waals surface area contributed by atoms with E-state index in [-0.39, 0.29) is 5.56 Å². The molecule has 4 nitrogen and oxygen atoms in total. The molecule has 0 unspecified atom stereocenters. The van der Waals surface area contributed by atoms with Gasteiger partial charge in [0.1, 0.15) is 5.82 Å². The van der Waals surface area contributed by atoms with Crippen molar-refractivity contribution in [1.29, 1.82) is 0 Å². The van der Waals surface area contributed by atoms with Gasteiger partial charge in [0.15, 0.2) is 0 Å². The molecule has 0 aliphatic heterocycles. The van der Waals surface area contributed by atoms with Crippen molar-refractivity contribution in [2.75, 3.05) is 32.5 Å². The van der Waals surface area contributed by atoms with E-state index in [1.165, 1.54) is 12.1 Å². The Morgan fingerprint density at radius 3 is 2.69 bits per heavy atom. The quantitative estimate of drug-likeness (QED) is 0.798. The normalized spacial score (nSPS) is 10.5. The van der Waals surface area contributed by atoms with E-state index in [1.54, 1.807) is 0 Å². The molecule has 0 aromatic heterocycles. The summed E-state index contributed by atoms with van der Waals surface area (Å²) in [6.45, 7) is 1.43. The number of hydrogen-bond donors (Lipinski definition) is 2. The van der Waals surface area contributed by atoms with Gasteiger partial charge in [0.25, 0.3) is 0 Å². The molecular formula is C11H15FN2O2. The summed E-state index contributed by atoms with van der Waals surface area (Å²) in [5.74, 6) is -1.68. The minimum absolute atomic E-state index is 0.0487. The van der Waals surface area contributed by atoms with Crippen LogP contribution >= 0.6 is 0 Å². The fourth-order valence-corrected chi connectivity index (χ4v) is 1.24. The number of anilines is 1. The summed E-state index contributed by atoms with van der Waals surface area (Å²) in [5.41, 5.74) is 0.437. The van der Waals surface area contributed by atoms with E-state index in [1.807, 2.05) is 19.0 Å². The van der Waals surface area contributed by atoms with Gasteiger partial charge in [-0.15, -0.1) is 0 Å². The Morgan fingerprint density at radius 2 is 2.12 bits per heavy atom. The van der Waals surface area contributed by atoms with Crippen LogP contribution in [0.5, 0.6) is 0 Å². The van der Waals surface area contributed by atoms with Crippen molar-refractivity contribution in [2.45, 2.75) is 0 Å². The Hall–Kier alpha value is -1.62. The average molecular weight is 226 g/mol. The van der Waals surface area contributed by atoms with Gasteiger partial charge in [-0.3, -0.25) is 0 Å². The smallest absolute Gasteiger partial charge is 0.335 e. The number of likely N-dealkylation sites (N-methyl/N-ethyl adjacent to an activating group) is 1. The maximum Gasteiger partial charge on any atom is 0.335 e. The van der Waals surface area contributed by atoms with Crippen LogP contribution in [0.4, 0.5) is 10.1 Å². The number of benzene rings is 1. The first-order valence-corrected chi connectivity index (χ1v) is 4.91. The average Bonchev–Trinajstić information content (AvgIpc) is 2.16. The van der Waals surface area contributed by atoms with Gasteiger partial charge in [0.05, 0.1) is 5.56 Å². The first-order valence-electron chi connectivity index (χ1n) is 4.91. The molecule has 5 heteroatoms. The standard InChI is InChI=1S/C11H15FN2O2/c1-14(2)4-3-13-10-6-8(11(15)16)5-9(12)7-10/h5-7,13H,3-4H2,1-2H3,(H,15,16). The van der Waals surface area contributed by atoms with E-state index in [9.17, 15) is 9.18 Å². The van der Waals surface area contributed by atoms with Gasteiger partial charge in [0.2, 0.25) is 0 Å². The van der Waals surface area contributed by atoms with Crippen molar-refractivity contribution in [3.63, 3.8) is 0 Å². The third-order valence-corrected chi connectivity index (χ3v) is 2.03. The number of aromatic carboxylic acids is 1. The van der Waals surface area contributed by atoms with E-state index in [2.05, 4.69) is 5.32 Å². The number of rotatable bonds is 5. The zero-order chi connectivity index (χ0) is 12.1. The third kappa shape index (κ3) is 3.86. The predicted octanol–water partition coefficient (Wildman–Crippen LogP) is 1.50. The van der Waals surface area contributed by atoms with Gasteiger partial charge in [-0.2, -0.15) is 0 Å². The second kappa shape index (κ2) is 5.46. The summed E-state index contributed by atoms with van der Waals surface area (Å²) < 4.78 is 13.1. The van der Waals surface area contributed by atoms with Crippen LogP contribution in [0, 0.1) is 5.82 Å². The number of carboxylic acids is 1. The van der Waals surface area contributed by atoms with Crippen molar-refractivity contribution < 1.29 is 14.3 Å². The summed E-state index contributed by atoms with van der Waals surface area (Å²) in [6, 6.07) is 3.70. The van der Waals surface area contributed by atoms with Crippen molar-refractivity contribution in [3.05, 3.63) is 29.6 Å². The summed E-state index contributed by atoms with van der Waals surface area (Å²) in [6.07, 6.45) is 0. The number of halogens is 1. The van der Waals surface area contributed by atoms with Crippen molar-refractivity contribution in [2.24, 2.45) is 0 Å². The maximum atomic E-state index is 13.1. The van der Waals surface area contributed by atoms with Gasteiger partial charge < -0.3 is 15.3 Å². The highest BCUT2D eigenvalue weighted by Gasteiger charge is 2.06. The molecule has 1 aromatic rings. The molecule has 0 bridgehead atoms. The SMILES string of the molecule is CN(C)CCNc1cc(F)cc(C(=O)O)c1. The largest absolute Gasteiger partial charge is 0.478 e. The predicted molar refractivity (Wildman–Crippen MR) is 60.4 cm³/mol. The molecule has 0 saturated carbocycles. The molecule has 0 aliphatic rings. The van der Waals surface area contributed by atoms with E-state index in [4.69, 9.17) is 5.11 Å². The van der Waals surface area contributed by atoms with Crippen LogP contribution in [0.2, 0.25) is 0 Å². The lowest BCUT2D eigenvalue weighted by Crippen LogP contribution is -2.20. The minimum Gasteiger partial charge on any atom is -0.478 e.